The first-order valence-corrected chi connectivity index (χ1v) is 13.0. The monoisotopic (exact) mass is 511 g/mol. The minimum absolute atomic E-state index is 0.225. The molecule has 3 aromatic carbocycles. The zero-order valence-electron chi connectivity index (χ0n) is 22.3. The summed E-state index contributed by atoms with van der Waals surface area (Å²) in [6.07, 6.45) is 2.89. The van der Waals surface area contributed by atoms with Crippen LogP contribution < -0.4 is 9.47 Å². The van der Waals surface area contributed by atoms with Gasteiger partial charge < -0.3 is 18.6 Å². The summed E-state index contributed by atoms with van der Waals surface area (Å²) in [5, 5.41) is 0. The van der Waals surface area contributed by atoms with Crippen molar-refractivity contribution in [3.8, 4) is 34.1 Å². The number of esters is 1. The molecule has 2 heterocycles. The maximum absolute atomic E-state index is 12.4. The van der Waals surface area contributed by atoms with Gasteiger partial charge in [-0.05, 0) is 62.9 Å². The molecule has 38 heavy (non-hydrogen) atoms. The number of fused-ring (bicyclic) bond motifs is 1. The van der Waals surface area contributed by atoms with E-state index in [2.05, 4.69) is 37.3 Å². The SMILES string of the molecule is Cc1cccc(-c2ccccc2-c2nc(CCOc3ccc4c(c3)OCC(C(=O)OC(C)(C)C)C4)co2)c1. The molecule has 0 spiro atoms. The molecule has 6 nitrogen and oxygen atoms in total. The molecule has 5 rings (SSSR count). The normalized spacial score (nSPS) is 14.9. The van der Waals surface area contributed by atoms with Crippen molar-refractivity contribution in [2.24, 2.45) is 5.92 Å². The predicted octanol–water partition coefficient (Wildman–Crippen LogP) is 6.83. The fraction of sp³-hybridized carbons (Fsp3) is 0.312. The Bertz CT molecular complexity index is 1430. The topological polar surface area (TPSA) is 70.8 Å². The number of benzene rings is 3. The van der Waals surface area contributed by atoms with E-state index in [0.717, 1.165) is 33.7 Å². The number of carbonyl (C=O) groups is 1. The van der Waals surface area contributed by atoms with Crippen molar-refractivity contribution in [3.63, 3.8) is 0 Å². The molecule has 0 saturated carbocycles. The molecule has 1 atom stereocenters. The number of oxazole rings is 1. The van der Waals surface area contributed by atoms with E-state index in [4.69, 9.17) is 23.6 Å². The van der Waals surface area contributed by atoms with E-state index < -0.39 is 5.60 Å². The van der Waals surface area contributed by atoms with Crippen LogP contribution in [0.15, 0.2) is 77.4 Å². The molecule has 196 valence electrons. The second kappa shape index (κ2) is 10.7. The van der Waals surface area contributed by atoms with E-state index in [1.54, 1.807) is 6.26 Å². The van der Waals surface area contributed by atoms with Crippen molar-refractivity contribution in [2.75, 3.05) is 13.2 Å². The number of rotatable bonds is 7. The predicted molar refractivity (Wildman–Crippen MR) is 146 cm³/mol. The highest BCUT2D eigenvalue weighted by molar-refractivity contribution is 5.80. The van der Waals surface area contributed by atoms with Gasteiger partial charge in [0.05, 0.1) is 18.2 Å². The maximum Gasteiger partial charge on any atom is 0.313 e. The molecule has 1 aliphatic rings. The van der Waals surface area contributed by atoms with Gasteiger partial charge in [0.1, 0.15) is 30.0 Å². The van der Waals surface area contributed by atoms with Crippen LogP contribution >= 0.6 is 0 Å². The zero-order valence-corrected chi connectivity index (χ0v) is 22.3. The summed E-state index contributed by atoms with van der Waals surface area (Å²) >= 11 is 0. The molecule has 0 radical (unpaired) electrons. The molecule has 0 fully saturated rings. The van der Waals surface area contributed by atoms with Crippen molar-refractivity contribution in [1.82, 2.24) is 4.98 Å². The Kier molecular flexibility index (Phi) is 7.23. The molecule has 1 unspecified atom stereocenters. The Hall–Kier alpha value is -4.06. The molecule has 0 amide bonds. The highest BCUT2D eigenvalue weighted by Gasteiger charge is 2.30. The molecule has 6 heteroatoms. The number of hydrogen-bond donors (Lipinski definition) is 0. The number of nitrogens with zero attached hydrogens (tertiary/aromatic N) is 1. The number of ether oxygens (including phenoxy) is 3. The lowest BCUT2D eigenvalue weighted by Crippen LogP contribution is -2.34. The molecule has 1 aliphatic heterocycles. The summed E-state index contributed by atoms with van der Waals surface area (Å²) < 4.78 is 23.2. The minimum Gasteiger partial charge on any atom is -0.493 e. The van der Waals surface area contributed by atoms with Crippen LogP contribution in [0.3, 0.4) is 0 Å². The Morgan fingerprint density at radius 1 is 1.03 bits per heavy atom. The number of aryl methyl sites for hydroxylation is 1. The first-order valence-electron chi connectivity index (χ1n) is 13.0. The minimum atomic E-state index is -0.510. The summed E-state index contributed by atoms with van der Waals surface area (Å²) in [5.41, 5.74) is 5.69. The summed E-state index contributed by atoms with van der Waals surface area (Å²) in [6, 6.07) is 22.3. The molecular formula is C32H33NO5. The zero-order chi connectivity index (χ0) is 26.7. The second-order valence-corrected chi connectivity index (χ2v) is 10.7. The van der Waals surface area contributed by atoms with Crippen molar-refractivity contribution in [3.05, 3.63) is 89.8 Å². The molecule has 0 saturated heterocycles. The third-order valence-electron chi connectivity index (χ3n) is 6.35. The lowest BCUT2D eigenvalue weighted by molar-refractivity contribution is -0.161. The van der Waals surface area contributed by atoms with E-state index in [0.29, 0.717) is 37.7 Å². The Morgan fingerprint density at radius 3 is 2.63 bits per heavy atom. The lowest BCUT2D eigenvalue weighted by atomic mass is 9.96. The smallest absolute Gasteiger partial charge is 0.313 e. The van der Waals surface area contributed by atoms with Crippen LogP contribution in [0.25, 0.3) is 22.6 Å². The van der Waals surface area contributed by atoms with Crippen LogP contribution in [0, 0.1) is 12.8 Å². The second-order valence-electron chi connectivity index (χ2n) is 10.7. The van der Waals surface area contributed by atoms with Gasteiger partial charge in [0, 0.05) is 18.1 Å². The van der Waals surface area contributed by atoms with Crippen LogP contribution in [0.4, 0.5) is 0 Å². The number of aromatic nitrogens is 1. The quantitative estimate of drug-likeness (QED) is 0.253. The van der Waals surface area contributed by atoms with Gasteiger partial charge in [0.25, 0.3) is 0 Å². The van der Waals surface area contributed by atoms with Gasteiger partial charge >= 0.3 is 5.97 Å². The third kappa shape index (κ3) is 6.08. The first-order chi connectivity index (χ1) is 18.2. The fourth-order valence-corrected chi connectivity index (χ4v) is 4.53. The van der Waals surface area contributed by atoms with Gasteiger partial charge in [-0.15, -0.1) is 0 Å². The van der Waals surface area contributed by atoms with E-state index in [-0.39, 0.29) is 11.9 Å². The average molecular weight is 512 g/mol. The molecule has 4 aromatic rings. The third-order valence-corrected chi connectivity index (χ3v) is 6.35. The van der Waals surface area contributed by atoms with Crippen molar-refractivity contribution in [2.45, 2.75) is 46.1 Å². The highest BCUT2D eigenvalue weighted by Crippen LogP contribution is 2.33. The van der Waals surface area contributed by atoms with Crippen molar-refractivity contribution in [1.29, 1.82) is 0 Å². The van der Waals surface area contributed by atoms with Crippen LogP contribution in [0.2, 0.25) is 0 Å². The lowest BCUT2D eigenvalue weighted by Gasteiger charge is -2.27. The maximum atomic E-state index is 12.4. The van der Waals surface area contributed by atoms with Gasteiger partial charge in [-0.2, -0.15) is 0 Å². The Balaban J connectivity index is 1.19. The number of hydrogen-bond acceptors (Lipinski definition) is 6. The average Bonchev–Trinajstić information content (AvgIpc) is 3.36. The van der Waals surface area contributed by atoms with Crippen molar-refractivity contribution >= 4 is 5.97 Å². The Labute approximate surface area is 223 Å². The molecule has 0 bridgehead atoms. The van der Waals surface area contributed by atoms with Crippen LogP contribution in [0.5, 0.6) is 11.5 Å². The summed E-state index contributed by atoms with van der Waals surface area (Å²) in [5.74, 6) is 1.54. The first kappa shape index (κ1) is 25.6. The van der Waals surface area contributed by atoms with E-state index in [1.807, 2.05) is 57.2 Å². The van der Waals surface area contributed by atoms with Gasteiger partial charge in [-0.3, -0.25) is 4.79 Å². The summed E-state index contributed by atoms with van der Waals surface area (Å²) in [4.78, 5) is 17.1. The van der Waals surface area contributed by atoms with Crippen molar-refractivity contribution < 1.29 is 23.4 Å². The standard InChI is InChI=1S/C32H33NO5/c1-21-8-7-9-22(16-21)27-10-5-6-11-28(27)30-33-25(20-37-30)14-15-35-26-13-12-23-17-24(19-36-29(23)18-26)31(34)38-32(2,3)4/h5-13,16,18,20,24H,14-15,17,19H2,1-4H3. The van der Waals surface area contributed by atoms with E-state index in [1.165, 1.54) is 5.56 Å². The fourth-order valence-electron chi connectivity index (χ4n) is 4.53. The van der Waals surface area contributed by atoms with Gasteiger partial charge in [0.2, 0.25) is 5.89 Å². The molecule has 0 N–H and O–H groups in total. The van der Waals surface area contributed by atoms with E-state index >= 15 is 0 Å². The van der Waals surface area contributed by atoms with Crippen LogP contribution in [-0.2, 0) is 22.4 Å². The number of carbonyl (C=O) groups excluding carboxylic acids is 1. The van der Waals surface area contributed by atoms with Crippen LogP contribution in [-0.4, -0.2) is 29.8 Å². The highest BCUT2D eigenvalue weighted by atomic mass is 16.6. The van der Waals surface area contributed by atoms with Crippen LogP contribution in [0.1, 0.15) is 37.6 Å². The van der Waals surface area contributed by atoms with Gasteiger partial charge in [-0.1, -0.05) is 54.1 Å². The summed E-state index contributed by atoms with van der Waals surface area (Å²) in [6.45, 7) is 8.45. The summed E-state index contributed by atoms with van der Waals surface area (Å²) in [7, 11) is 0. The Morgan fingerprint density at radius 2 is 1.84 bits per heavy atom. The van der Waals surface area contributed by atoms with Gasteiger partial charge in [0.15, 0.2) is 0 Å². The van der Waals surface area contributed by atoms with E-state index in [9.17, 15) is 4.79 Å². The van der Waals surface area contributed by atoms with Gasteiger partial charge in [-0.25, -0.2) is 4.98 Å². The molecular weight excluding hydrogens is 478 g/mol. The molecule has 0 aliphatic carbocycles. The largest absolute Gasteiger partial charge is 0.493 e. The molecule has 1 aromatic heterocycles.